The molecule has 0 radical (unpaired) electrons. The van der Waals surface area contributed by atoms with Crippen molar-refractivity contribution in [2.75, 3.05) is 47.2 Å². The van der Waals surface area contributed by atoms with E-state index in [0.29, 0.717) is 51.5 Å². The Balaban J connectivity index is 4.19. The van der Waals surface area contributed by atoms with E-state index in [1.807, 2.05) is 0 Å². The highest BCUT2D eigenvalue weighted by Gasteiger charge is 2.33. The molecule has 0 aromatic rings. The zero-order chi connectivity index (χ0) is 36.5. The average molecular weight is 701 g/mol. The van der Waals surface area contributed by atoms with Gasteiger partial charge in [0.25, 0.3) is 0 Å². The summed E-state index contributed by atoms with van der Waals surface area (Å²) in [5.74, 6) is -0.654. The fourth-order valence-corrected chi connectivity index (χ4v) is 4.60. The van der Waals surface area contributed by atoms with E-state index in [1.54, 1.807) is 0 Å². The number of carbonyl (C=O) groups is 3. The standard InChI is InChI=1S/C31H60N2O15/c1-20(36)21(33-25(40)12-6-9-19-48-31(46-3)29(44)27(42)23(38)14-17-35)10-4-7-15-32-24(39)11-5-8-18-47-30(45-2)28(43)26(41)22(37)13-16-34/h21-23,26-31,34-35,37-38,41-44H,4-19H2,1-3H3,(H,32,39)(H,33,40)/t21-,22?,23?,26?,27?,28?,29?,30?,31?/m1/s1. The summed E-state index contributed by atoms with van der Waals surface area (Å²) < 4.78 is 20.8. The Morgan fingerprint density at radius 1 is 0.604 bits per heavy atom. The van der Waals surface area contributed by atoms with Gasteiger partial charge in [-0.2, -0.15) is 0 Å². The Kier molecular flexibility index (Phi) is 26.8. The van der Waals surface area contributed by atoms with Crippen LogP contribution < -0.4 is 10.6 Å². The summed E-state index contributed by atoms with van der Waals surface area (Å²) in [6.07, 6.45) is -7.77. The lowest BCUT2D eigenvalue weighted by Crippen LogP contribution is -2.46. The minimum atomic E-state index is -1.58. The maximum absolute atomic E-state index is 12.4. The lowest BCUT2D eigenvalue weighted by atomic mass is 10.1. The average Bonchev–Trinajstić information content (AvgIpc) is 3.06. The number of hydrogen-bond donors (Lipinski definition) is 10. The number of hydrogen-bond acceptors (Lipinski definition) is 15. The van der Waals surface area contributed by atoms with Crippen LogP contribution in [0.2, 0.25) is 0 Å². The van der Waals surface area contributed by atoms with Gasteiger partial charge in [0.05, 0.1) is 18.2 Å². The quantitative estimate of drug-likeness (QED) is 0.0267. The molecule has 9 atom stereocenters. The summed E-state index contributed by atoms with van der Waals surface area (Å²) in [5.41, 5.74) is 0. The van der Waals surface area contributed by atoms with Crippen LogP contribution in [0.15, 0.2) is 0 Å². The zero-order valence-electron chi connectivity index (χ0n) is 28.4. The number of rotatable bonds is 31. The first-order valence-corrected chi connectivity index (χ1v) is 16.5. The number of aliphatic hydroxyl groups is 8. The van der Waals surface area contributed by atoms with E-state index < -0.39 is 55.2 Å². The topological polar surface area (TPSA) is 274 Å². The van der Waals surface area contributed by atoms with Gasteiger partial charge in [0.2, 0.25) is 11.8 Å². The first-order chi connectivity index (χ1) is 22.8. The number of aliphatic hydroxyl groups excluding tert-OH is 8. The minimum absolute atomic E-state index is 0.100. The van der Waals surface area contributed by atoms with Gasteiger partial charge in [-0.3, -0.25) is 14.4 Å². The van der Waals surface area contributed by atoms with E-state index in [0.717, 1.165) is 0 Å². The Morgan fingerprint density at radius 3 is 1.48 bits per heavy atom. The number of ketones is 1. The van der Waals surface area contributed by atoms with Crippen LogP contribution in [0.4, 0.5) is 0 Å². The van der Waals surface area contributed by atoms with Gasteiger partial charge in [0, 0.05) is 60.0 Å². The van der Waals surface area contributed by atoms with Crippen LogP contribution >= 0.6 is 0 Å². The molecule has 0 heterocycles. The molecule has 17 heteroatoms. The smallest absolute Gasteiger partial charge is 0.220 e. The number of carbonyl (C=O) groups excluding carboxylic acids is 3. The highest BCUT2D eigenvalue weighted by atomic mass is 16.7. The van der Waals surface area contributed by atoms with E-state index in [-0.39, 0.29) is 69.7 Å². The molecule has 2 amide bonds. The second kappa shape index (κ2) is 27.9. The Morgan fingerprint density at radius 2 is 1.06 bits per heavy atom. The number of ether oxygens (including phenoxy) is 4. The van der Waals surface area contributed by atoms with Crippen molar-refractivity contribution < 1.29 is 74.2 Å². The number of methoxy groups -OCH3 is 2. The summed E-state index contributed by atoms with van der Waals surface area (Å²) in [4.78, 5) is 36.5. The zero-order valence-corrected chi connectivity index (χ0v) is 28.4. The molecular weight excluding hydrogens is 640 g/mol. The van der Waals surface area contributed by atoms with Crippen LogP contribution in [-0.4, -0.2) is 161 Å². The second-order valence-electron chi connectivity index (χ2n) is 11.6. The third-order valence-corrected chi connectivity index (χ3v) is 7.59. The van der Waals surface area contributed by atoms with Crippen molar-refractivity contribution in [2.45, 2.75) is 133 Å². The summed E-state index contributed by atoms with van der Waals surface area (Å²) in [6.45, 7) is 1.31. The van der Waals surface area contributed by atoms with Crippen molar-refractivity contribution in [3.8, 4) is 0 Å². The van der Waals surface area contributed by atoms with E-state index in [4.69, 9.17) is 29.2 Å². The molecule has 0 saturated heterocycles. The van der Waals surface area contributed by atoms with Crippen LogP contribution in [0.1, 0.15) is 77.6 Å². The van der Waals surface area contributed by atoms with Gasteiger partial charge in [-0.25, -0.2) is 0 Å². The van der Waals surface area contributed by atoms with Gasteiger partial charge in [-0.05, 0) is 64.7 Å². The van der Waals surface area contributed by atoms with Gasteiger partial charge in [0.1, 0.15) is 24.4 Å². The molecule has 0 aromatic carbocycles. The maximum Gasteiger partial charge on any atom is 0.220 e. The third-order valence-electron chi connectivity index (χ3n) is 7.59. The van der Waals surface area contributed by atoms with Gasteiger partial charge in [0.15, 0.2) is 18.4 Å². The lowest BCUT2D eigenvalue weighted by Gasteiger charge is -2.28. The molecule has 0 fully saturated rings. The molecular formula is C31H60N2O15. The van der Waals surface area contributed by atoms with Gasteiger partial charge in [-0.1, -0.05) is 0 Å². The molecule has 0 aliphatic heterocycles. The summed E-state index contributed by atoms with van der Waals surface area (Å²) in [6, 6.07) is -0.655. The Bertz CT molecular complexity index is 855. The largest absolute Gasteiger partial charge is 0.396 e. The van der Waals surface area contributed by atoms with Gasteiger partial charge in [-0.15, -0.1) is 0 Å². The fraction of sp³-hybridized carbons (Fsp3) is 0.903. The molecule has 0 spiro atoms. The minimum Gasteiger partial charge on any atom is -0.396 e. The number of nitrogens with one attached hydrogen (secondary N) is 2. The monoisotopic (exact) mass is 700 g/mol. The summed E-state index contributed by atoms with van der Waals surface area (Å²) >= 11 is 0. The highest BCUT2D eigenvalue weighted by Crippen LogP contribution is 2.14. The van der Waals surface area contributed by atoms with Gasteiger partial charge >= 0.3 is 0 Å². The number of unbranched alkanes of at least 4 members (excludes halogenated alkanes) is 3. The summed E-state index contributed by atoms with van der Waals surface area (Å²) in [7, 11) is 2.54. The van der Waals surface area contributed by atoms with Crippen molar-refractivity contribution in [1.29, 1.82) is 0 Å². The second-order valence-corrected chi connectivity index (χ2v) is 11.6. The van der Waals surface area contributed by atoms with Crippen LogP contribution in [-0.2, 0) is 33.3 Å². The molecule has 0 aliphatic carbocycles. The maximum atomic E-state index is 12.4. The fourth-order valence-electron chi connectivity index (χ4n) is 4.60. The molecule has 48 heavy (non-hydrogen) atoms. The first-order valence-electron chi connectivity index (χ1n) is 16.5. The van der Waals surface area contributed by atoms with Crippen molar-refractivity contribution >= 4 is 17.6 Å². The Hall–Kier alpha value is -1.87. The number of amides is 2. The van der Waals surface area contributed by atoms with Crippen molar-refractivity contribution in [2.24, 2.45) is 0 Å². The van der Waals surface area contributed by atoms with Crippen LogP contribution in [0.3, 0.4) is 0 Å². The molecule has 0 bridgehead atoms. The number of Topliss-reactive ketones (excluding diaryl/α,β-unsaturated/α-hetero) is 1. The molecule has 0 saturated carbocycles. The third kappa shape index (κ3) is 20.0. The van der Waals surface area contributed by atoms with Crippen LogP contribution in [0.25, 0.3) is 0 Å². The van der Waals surface area contributed by atoms with Crippen molar-refractivity contribution in [1.82, 2.24) is 10.6 Å². The molecule has 10 N–H and O–H groups in total. The van der Waals surface area contributed by atoms with Crippen LogP contribution in [0, 0.1) is 0 Å². The predicted octanol–water partition coefficient (Wildman–Crippen LogP) is -2.40. The summed E-state index contributed by atoms with van der Waals surface area (Å²) in [5, 5.41) is 82.8. The molecule has 284 valence electrons. The normalized spacial score (nSPS) is 17.4. The molecule has 0 aliphatic rings. The molecule has 0 rings (SSSR count). The molecule has 8 unspecified atom stereocenters. The van der Waals surface area contributed by atoms with Crippen LogP contribution in [0.5, 0.6) is 0 Å². The van der Waals surface area contributed by atoms with E-state index >= 15 is 0 Å². The first kappa shape index (κ1) is 46.1. The SMILES string of the molecule is COC(OCCCCC(=O)NCCCC[C@@H](NC(=O)CCCCOC(OC)C(O)C(O)C(O)CCO)C(C)=O)C(O)C(O)C(O)CCO. The van der Waals surface area contributed by atoms with E-state index in [2.05, 4.69) is 10.6 Å². The molecule has 17 nitrogen and oxygen atoms in total. The van der Waals surface area contributed by atoms with Crippen molar-refractivity contribution in [3.63, 3.8) is 0 Å². The Labute approximate surface area is 282 Å². The van der Waals surface area contributed by atoms with Gasteiger partial charge < -0.3 is 70.4 Å². The molecule has 0 aromatic heterocycles. The van der Waals surface area contributed by atoms with Crippen molar-refractivity contribution in [3.05, 3.63) is 0 Å². The lowest BCUT2D eigenvalue weighted by molar-refractivity contribution is -0.216. The van der Waals surface area contributed by atoms with E-state index in [1.165, 1.54) is 21.1 Å². The predicted molar refractivity (Wildman–Crippen MR) is 170 cm³/mol. The highest BCUT2D eigenvalue weighted by molar-refractivity contribution is 5.87. The van der Waals surface area contributed by atoms with E-state index in [9.17, 15) is 45.0 Å².